The van der Waals surface area contributed by atoms with Crippen LogP contribution in [0.2, 0.25) is 0 Å². The molecular formula is C23H36N4O2. The lowest BCUT2D eigenvalue weighted by molar-refractivity contribution is -0.120. The highest BCUT2D eigenvalue weighted by atomic mass is 16.2. The first-order valence-corrected chi connectivity index (χ1v) is 11.4. The number of hydrogen-bond donors (Lipinski definition) is 2. The van der Waals surface area contributed by atoms with Gasteiger partial charge in [0, 0.05) is 30.9 Å². The molecule has 0 bridgehead atoms. The molecule has 2 N–H and O–H groups in total. The molecule has 2 aliphatic heterocycles. The molecule has 2 saturated heterocycles. The number of benzene rings is 1. The number of piperidine rings is 1. The van der Waals surface area contributed by atoms with Crippen LogP contribution >= 0.6 is 0 Å². The SMILES string of the molecule is O=C1CCN(c2ccc(NCCCCCCCCN3CCCCC3)cc2)C(=O)N1. The molecular weight excluding hydrogens is 364 g/mol. The standard InChI is InChI=1S/C23H36N4O2/c28-22-14-19-27(23(29)25-22)21-12-10-20(11-13-21)24-15-6-3-1-2-4-7-16-26-17-8-5-9-18-26/h10-13,24H,1-9,14-19H2,(H,25,28,29). The summed E-state index contributed by atoms with van der Waals surface area (Å²) in [4.78, 5) is 27.4. The van der Waals surface area contributed by atoms with Crippen LogP contribution in [0.25, 0.3) is 0 Å². The Bertz CT molecular complexity index is 641. The summed E-state index contributed by atoms with van der Waals surface area (Å²) in [5, 5.41) is 5.81. The van der Waals surface area contributed by atoms with E-state index in [1.807, 2.05) is 24.3 Å². The lowest BCUT2D eigenvalue weighted by atomic mass is 10.1. The average Bonchev–Trinajstić information content (AvgIpc) is 2.74. The van der Waals surface area contributed by atoms with Gasteiger partial charge in [0.15, 0.2) is 0 Å². The van der Waals surface area contributed by atoms with Crippen molar-refractivity contribution in [3.05, 3.63) is 24.3 Å². The van der Waals surface area contributed by atoms with Crippen molar-refractivity contribution in [2.75, 3.05) is 42.9 Å². The van der Waals surface area contributed by atoms with Crippen LogP contribution in [0.15, 0.2) is 24.3 Å². The Morgan fingerprint density at radius 1 is 0.828 bits per heavy atom. The molecule has 6 heteroatoms. The first-order chi connectivity index (χ1) is 14.2. The number of anilines is 2. The van der Waals surface area contributed by atoms with Crippen molar-refractivity contribution < 1.29 is 9.59 Å². The number of urea groups is 1. The van der Waals surface area contributed by atoms with Gasteiger partial charge in [-0.1, -0.05) is 32.1 Å². The summed E-state index contributed by atoms with van der Waals surface area (Å²) >= 11 is 0. The van der Waals surface area contributed by atoms with E-state index in [0.29, 0.717) is 13.0 Å². The first-order valence-electron chi connectivity index (χ1n) is 11.4. The predicted octanol–water partition coefficient (Wildman–Crippen LogP) is 4.37. The summed E-state index contributed by atoms with van der Waals surface area (Å²) in [6.07, 6.45) is 12.4. The van der Waals surface area contributed by atoms with Crippen LogP contribution in [-0.2, 0) is 4.79 Å². The van der Waals surface area contributed by atoms with Gasteiger partial charge < -0.3 is 10.2 Å². The summed E-state index contributed by atoms with van der Waals surface area (Å²) in [7, 11) is 0. The van der Waals surface area contributed by atoms with Crippen LogP contribution in [-0.4, -0.2) is 49.6 Å². The smallest absolute Gasteiger partial charge is 0.328 e. The highest BCUT2D eigenvalue weighted by Gasteiger charge is 2.23. The van der Waals surface area contributed by atoms with Crippen molar-refractivity contribution >= 4 is 23.3 Å². The van der Waals surface area contributed by atoms with E-state index in [1.165, 1.54) is 77.4 Å². The normalized spacial score (nSPS) is 18.0. The molecule has 0 unspecified atom stereocenters. The van der Waals surface area contributed by atoms with Crippen LogP contribution < -0.4 is 15.5 Å². The Morgan fingerprint density at radius 2 is 1.52 bits per heavy atom. The van der Waals surface area contributed by atoms with Gasteiger partial charge in [-0.3, -0.25) is 15.0 Å². The lowest BCUT2D eigenvalue weighted by Gasteiger charge is -2.26. The molecule has 2 fully saturated rings. The van der Waals surface area contributed by atoms with E-state index < -0.39 is 0 Å². The molecule has 6 nitrogen and oxygen atoms in total. The molecule has 3 amide bonds. The molecule has 1 aromatic rings. The number of carbonyl (C=O) groups excluding carboxylic acids is 2. The van der Waals surface area contributed by atoms with Gasteiger partial charge in [0.25, 0.3) is 0 Å². The minimum absolute atomic E-state index is 0.202. The summed E-state index contributed by atoms with van der Waals surface area (Å²) in [5.41, 5.74) is 1.90. The Kier molecular flexibility index (Phi) is 8.81. The molecule has 0 radical (unpaired) electrons. The summed E-state index contributed by atoms with van der Waals surface area (Å²) in [6.45, 7) is 5.35. The van der Waals surface area contributed by atoms with Gasteiger partial charge in [-0.2, -0.15) is 0 Å². The van der Waals surface area contributed by atoms with Crippen molar-refractivity contribution in [3.63, 3.8) is 0 Å². The van der Waals surface area contributed by atoms with Crippen LogP contribution in [0.5, 0.6) is 0 Å². The molecule has 0 atom stereocenters. The zero-order chi connectivity index (χ0) is 20.3. The van der Waals surface area contributed by atoms with Gasteiger partial charge in [-0.25, -0.2) is 4.79 Å². The maximum absolute atomic E-state index is 11.9. The number of unbranched alkanes of at least 4 members (excludes halogenated alkanes) is 5. The van der Waals surface area contributed by atoms with Crippen LogP contribution in [0.1, 0.15) is 64.2 Å². The Balaban J connectivity index is 1.22. The largest absolute Gasteiger partial charge is 0.385 e. The maximum atomic E-state index is 11.9. The number of carbonyl (C=O) groups is 2. The van der Waals surface area contributed by atoms with Gasteiger partial charge in [-0.05, 0) is 69.6 Å². The number of rotatable bonds is 11. The van der Waals surface area contributed by atoms with Crippen molar-refractivity contribution in [2.24, 2.45) is 0 Å². The number of amides is 3. The van der Waals surface area contributed by atoms with Crippen molar-refractivity contribution in [1.82, 2.24) is 10.2 Å². The minimum Gasteiger partial charge on any atom is -0.385 e. The second kappa shape index (κ2) is 11.8. The van der Waals surface area contributed by atoms with Gasteiger partial charge in [0.1, 0.15) is 0 Å². The molecule has 0 aromatic heterocycles. The first kappa shape index (κ1) is 21.6. The second-order valence-corrected chi connectivity index (χ2v) is 8.25. The third kappa shape index (κ3) is 7.35. The van der Waals surface area contributed by atoms with Crippen molar-refractivity contribution in [3.8, 4) is 0 Å². The highest BCUT2D eigenvalue weighted by Crippen LogP contribution is 2.20. The van der Waals surface area contributed by atoms with Crippen LogP contribution in [0, 0.1) is 0 Å². The topological polar surface area (TPSA) is 64.7 Å². The highest BCUT2D eigenvalue weighted by molar-refractivity contribution is 6.05. The van der Waals surface area contributed by atoms with E-state index in [9.17, 15) is 9.59 Å². The fourth-order valence-electron chi connectivity index (χ4n) is 4.15. The van der Waals surface area contributed by atoms with Crippen molar-refractivity contribution in [1.29, 1.82) is 0 Å². The molecule has 2 heterocycles. The molecule has 3 rings (SSSR count). The maximum Gasteiger partial charge on any atom is 0.328 e. The van der Waals surface area contributed by atoms with E-state index in [0.717, 1.165) is 17.9 Å². The molecule has 1 aromatic carbocycles. The van der Waals surface area contributed by atoms with E-state index in [2.05, 4.69) is 15.5 Å². The van der Waals surface area contributed by atoms with Gasteiger partial charge in [0.05, 0.1) is 0 Å². The third-order valence-corrected chi connectivity index (χ3v) is 5.91. The van der Waals surface area contributed by atoms with Gasteiger partial charge in [0.2, 0.25) is 5.91 Å². The number of imide groups is 1. The number of nitrogens with one attached hydrogen (secondary N) is 2. The van der Waals surface area contributed by atoms with E-state index >= 15 is 0 Å². The number of nitrogens with zero attached hydrogens (tertiary/aromatic N) is 2. The van der Waals surface area contributed by atoms with E-state index in [-0.39, 0.29) is 11.9 Å². The lowest BCUT2D eigenvalue weighted by Crippen LogP contribution is -2.49. The Morgan fingerprint density at radius 3 is 2.24 bits per heavy atom. The zero-order valence-electron chi connectivity index (χ0n) is 17.6. The second-order valence-electron chi connectivity index (χ2n) is 8.25. The quantitative estimate of drug-likeness (QED) is 0.541. The Hall–Kier alpha value is -2.08. The summed E-state index contributed by atoms with van der Waals surface area (Å²) < 4.78 is 0. The van der Waals surface area contributed by atoms with E-state index in [1.54, 1.807) is 4.90 Å². The molecule has 29 heavy (non-hydrogen) atoms. The van der Waals surface area contributed by atoms with Crippen molar-refractivity contribution in [2.45, 2.75) is 64.2 Å². The van der Waals surface area contributed by atoms with E-state index in [4.69, 9.17) is 0 Å². The third-order valence-electron chi connectivity index (χ3n) is 5.91. The fourth-order valence-corrected chi connectivity index (χ4v) is 4.15. The zero-order valence-corrected chi connectivity index (χ0v) is 17.6. The van der Waals surface area contributed by atoms with Gasteiger partial charge >= 0.3 is 6.03 Å². The summed E-state index contributed by atoms with van der Waals surface area (Å²) in [6, 6.07) is 7.53. The molecule has 0 aliphatic carbocycles. The monoisotopic (exact) mass is 400 g/mol. The number of likely N-dealkylation sites (tertiary alicyclic amines) is 1. The molecule has 0 saturated carbocycles. The summed E-state index contributed by atoms with van der Waals surface area (Å²) in [5.74, 6) is -0.202. The molecule has 2 aliphatic rings. The average molecular weight is 401 g/mol. The fraction of sp³-hybridized carbons (Fsp3) is 0.652. The van der Waals surface area contributed by atoms with Gasteiger partial charge in [-0.15, -0.1) is 0 Å². The predicted molar refractivity (Wildman–Crippen MR) is 118 cm³/mol. The Labute approximate surface area is 175 Å². The van der Waals surface area contributed by atoms with Crippen LogP contribution in [0.4, 0.5) is 16.2 Å². The minimum atomic E-state index is -0.335. The van der Waals surface area contributed by atoms with Crippen LogP contribution in [0.3, 0.4) is 0 Å². The molecule has 160 valence electrons. The number of hydrogen-bond acceptors (Lipinski definition) is 4. The molecule has 0 spiro atoms.